The molecule has 3 rings (SSSR count). The van der Waals surface area contributed by atoms with Crippen LogP contribution in [0.5, 0.6) is 0 Å². The summed E-state index contributed by atoms with van der Waals surface area (Å²) in [7, 11) is 0. The molecule has 1 aliphatic rings. The van der Waals surface area contributed by atoms with Gasteiger partial charge in [-0.05, 0) is 37.1 Å². The SMILES string of the molecule is N#CC1CCN(c2ccc(-c3ccncc3)nn2)CC1. The molecule has 2 aromatic rings. The number of aromatic nitrogens is 3. The van der Waals surface area contributed by atoms with Gasteiger partial charge >= 0.3 is 0 Å². The first-order valence-electron chi connectivity index (χ1n) is 6.75. The maximum Gasteiger partial charge on any atom is 0.151 e. The van der Waals surface area contributed by atoms with E-state index >= 15 is 0 Å². The lowest BCUT2D eigenvalue weighted by atomic mass is 9.99. The van der Waals surface area contributed by atoms with E-state index in [4.69, 9.17) is 5.26 Å². The minimum atomic E-state index is 0.190. The Morgan fingerprint density at radius 1 is 1.05 bits per heavy atom. The average Bonchev–Trinajstić information content (AvgIpc) is 2.56. The molecule has 1 fully saturated rings. The summed E-state index contributed by atoms with van der Waals surface area (Å²) >= 11 is 0. The van der Waals surface area contributed by atoms with Crippen LogP contribution in [-0.2, 0) is 0 Å². The van der Waals surface area contributed by atoms with Crippen molar-refractivity contribution in [2.24, 2.45) is 5.92 Å². The molecule has 5 heteroatoms. The highest BCUT2D eigenvalue weighted by Gasteiger charge is 2.19. The van der Waals surface area contributed by atoms with Crippen molar-refractivity contribution in [1.29, 1.82) is 5.26 Å². The summed E-state index contributed by atoms with van der Waals surface area (Å²) in [6.45, 7) is 1.75. The molecule has 2 aromatic heterocycles. The number of anilines is 1. The van der Waals surface area contributed by atoms with Crippen LogP contribution in [0.2, 0.25) is 0 Å². The molecule has 1 aliphatic heterocycles. The Labute approximate surface area is 117 Å². The Kier molecular flexibility index (Phi) is 3.55. The number of hydrogen-bond donors (Lipinski definition) is 0. The highest BCUT2D eigenvalue weighted by Crippen LogP contribution is 2.22. The summed E-state index contributed by atoms with van der Waals surface area (Å²) in [5.41, 5.74) is 1.87. The van der Waals surface area contributed by atoms with Gasteiger partial charge in [0.1, 0.15) is 0 Å². The molecule has 0 aromatic carbocycles. The van der Waals surface area contributed by atoms with Crippen LogP contribution in [0.25, 0.3) is 11.3 Å². The molecular formula is C15H15N5. The molecule has 1 saturated heterocycles. The number of nitriles is 1. The predicted octanol–water partition coefficient (Wildman–Crippen LogP) is 2.28. The first kappa shape index (κ1) is 12.5. The average molecular weight is 265 g/mol. The molecule has 0 aliphatic carbocycles. The Bertz CT molecular complexity index is 594. The topological polar surface area (TPSA) is 65.7 Å². The fourth-order valence-corrected chi connectivity index (χ4v) is 2.41. The van der Waals surface area contributed by atoms with Gasteiger partial charge in [0.25, 0.3) is 0 Å². The summed E-state index contributed by atoms with van der Waals surface area (Å²) in [4.78, 5) is 6.19. The minimum absolute atomic E-state index is 0.190. The van der Waals surface area contributed by atoms with E-state index in [2.05, 4.69) is 26.2 Å². The smallest absolute Gasteiger partial charge is 0.151 e. The standard InChI is InChI=1S/C15H15N5/c16-11-12-5-9-20(10-6-12)15-2-1-14(18-19-15)13-3-7-17-8-4-13/h1-4,7-8,12H,5-6,9-10H2. The number of piperidine rings is 1. The summed E-state index contributed by atoms with van der Waals surface area (Å²) in [5, 5.41) is 17.5. The summed E-state index contributed by atoms with van der Waals surface area (Å²) < 4.78 is 0. The van der Waals surface area contributed by atoms with E-state index in [-0.39, 0.29) is 5.92 Å². The van der Waals surface area contributed by atoms with Gasteiger partial charge in [0.2, 0.25) is 0 Å². The van der Waals surface area contributed by atoms with Crippen molar-refractivity contribution in [1.82, 2.24) is 15.2 Å². The summed E-state index contributed by atoms with van der Waals surface area (Å²) in [6.07, 6.45) is 5.31. The van der Waals surface area contributed by atoms with Crippen molar-refractivity contribution in [3.8, 4) is 17.3 Å². The van der Waals surface area contributed by atoms with E-state index in [1.165, 1.54) is 0 Å². The van der Waals surface area contributed by atoms with Gasteiger partial charge in [0, 0.05) is 37.0 Å². The van der Waals surface area contributed by atoms with Gasteiger partial charge in [-0.1, -0.05) is 0 Å². The maximum atomic E-state index is 8.91. The molecule has 0 radical (unpaired) electrons. The highest BCUT2D eigenvalue weighted by atomic mass is 15.3. The lowest BCUT2D eigenvalue weighted by molar-refractivity contribution is 0.484. The molecule has 100 valence electrons. The van der Waals surface area contributed by atoms with Crippen molar-refractivity contribution < 1.29 is 0 Å². The summed E-state index contributed by atoms with van der Waals surface area (Å²) in [6, 6.07) is 10.2. The fourth-order valence-electron chi connectivity index (χ4n) is 2.41. The van der Waals surface area contributed by atoms with Gasteiger partial charge in [-0.3, -0.25) is 4.98 Å². The van der Waals surface area contributed by atoms with E-state index in [1.54, 1.807) is 12.4 Å². The fraction of sp³-hybridized carbons (Fsp3) is 0.333. The second kappa shape index (κ2) is 5.66. The van der Waals surface area contributed by atoms with Crippen LogP contribution in [0.3, 0.4) is 0 Å². The monoisotopic (exact) mass is 265 g/mol. The zero-order valence-electron chi connectivity index (χ0n) is 11.1. The molecule has 0 amide bonds. The molecule has 0 bridgehead atoms. The van der Waals surface area contributed by atoms with Crippen molar-refractivity contribution in [3.63, 3.8) is 0 Å². The third-order valence-electron chi connectivity index (χ3n) is 3.63. The van der Waals surface area contributed by atoms with Crippen LogP contribution in [0.15, 0.2) is 36.7 Å². The van der Waals surface area contributed by atoms with Crippen LogP contribution in [-0.4, -0.2) is 28.3 Å². The number of hydrogen-bond acceptors (Lipinski definition) is 5. The summed E-state index contributed by atoms with van der Waals surface area (Å²) in [5.74, 6) is 1.08. The molecule has 5 nitrogen and oxygen atoms in total. The molecular weight excluding hydrogens is 250 g/mol. The van der Waals surface area contributed by atoms with E-state index in [1.807, 2.05) is 24.3 Å². The second-order valence-electron chi connectivity index (χ2n) is 4.90. The van der Waals surface area contributed by atoms with E-state index in [0.29, 0.717) is 0 Å². The van der Waals surface area contributed by atoms with Crippen LogP contribution < -0.4 is 4.90 Å². The van der Waals surface area contributed by atoms with Gasteiger partial charge in [-0.15, -0.1) is 10.2 Å². The van der Waals surface area contributed by atoms with Crippen molar-refractivity contribution in [2.75, 3.05) is 18.0 Å². The molecule has 0 unspecified atom stereocenters. The Hall–Kier alpha value is -2.48. The van der Waals surface area contributed by atoms with Gasteiger partial charge in [0.15, 0.2) is 5.82 Å². The van der Waals surface area contributed by atoms with Crippen molar-refractivity contribution in [2.45, 2.75) is 12.8 Å². The normalized spacial score (nSPS) is 15.8. The number of rotatable bonds is 2. The minimum Gasteiger partial charge on any atom is -0.355 e. The third kappa shape index (κ3) is 2.59. The van der Waals surface area contributed by atoms with Crippen LogP contribution in [0.1, 0.15) is 12.8 Å². The van der Waals surface area contributed by atoms with E-state index in [0.717, 1.165) is 43.0 Å². The zero-order chi connectivity index (χ0) is 13.8. The lowest BCUT2D eigenvalue weighted by Crippen LogP contribution is -2.33. The molecule has 0 saturated carbocycles. The Balaban J connectivity index is 1.73. The van der Waals surface area contributed by atoms with Gasteiger partial charge in [-0.25, -0.2) is 0 Å². The first-order valence-corrected chi connectivity index (χ1v) is 6.75. The molecule has 3 heterocycles. The predicted molar refractivity (Wildman–Crippen MR) is 75.8 cm³/mol. The Morgan fingerprint density at radius 2 is 1.80 bits per heavy atom. The second-order valence-corrected chi connectivity index (χ2v) is 4.90. The highest BCUT2D eigenvalue weighted by molar-refractivity contribution is 5.58. The first-order chi connectivity index (χ1) is 9.86. The maximum absolute atomic E-state index is 8.91. The number of pyridine rings is 1. The quantitative estimate of drug-likeness (QED) is 0.833. The van der Waals surface area contributed by atoms with Gasteiger partial charge in [-0.2, -0.15) is 5.26 Å². The largest absolute Gasteiger partial charge is 0.355 e. The van der Waals surface area contributed by atoms with Crippen molar-refractivity contribution >= 4 is 5.82 Å². The molecule has 20 heavy (non-hydrogen) atoms. The van der Waals surface area contributed by atoms with Gasteiger partial charge in [0.05, 0.1) is 11.8 Å². The molecule has 0 spiro atoms. The Morgan fingerprint density at radius 3 is 2.40 bits per heavy atom. The lowest BCUT2D eigenvalue weighted by Gasteiger charge is -2.29. The third-order valence-corrected chi connectivity index (χ3v) is 3.63. The zero-order valence-corrected chi connectivity index (χ0v) is 11.1. The van der Waals surface area contributed by atoms with Gasteiger partial charge < -0.3 is 4.90 Å². The number of nitrogens with zero attached hydrogens (tertiary/aromatic N) is 5. The van der Waals surface area contributed by atoms with E-state index in [9.17, 15) is 0 Å². The molecule has 0 N–H and O–H groups in total. The van der Waals surface area contributed by atoms with Crippen LogP contribution in [0.4, 0.5) is 5.82 Å². The van der Waals surface area contributed by atoms with Crippen LogP contribution in [0, 0.1) is 17.2 Å². The molecule has 0 atom stereocenters. The van der Waals surface area contributed by atoms with Crippen molar-refractivity contribution in [3.05, 3.63) is 36.7 Å². The van der Waals surface area contributed by atoms with Crippen LogP contribution >= 0.6 is 0 Å². The van der Waals surface area contributed by atoms with E-state index < -0.39 is 0 Å².